The number of piperidine rings is 1. The standard InChI is InChI=1S/C20H21ClN6OS2/c1-20(22)5-8-27(9-6-20)15-11-25-16(12-24-15)30-14-4-2-3-13(17(14)21)26-18(28)19-23-7-10-29-19/h2-4,7,10-12H,5-6,8-9,22H2,1H3,(H,26,28). The molecular weight excluding hydrogens is 440 g/mol. The summed E-state index contributed by atoms with van der Waals surface area (Å²) in [5.74, 6) is 0.568. The number of carbonyl (C=O) groups is 1. The van der Waals surface area contributed by atoms with E-state index < -0.39 is 0 Å². The minimum Gasteiger partial charge on any atom is -0.355 e. The molecule has 3 heterocycles. The molecule has 156 valence electrons. The van der Waals surface area contributed by atoms with Crippen molar-refractivity contribution in [1.82, 2.24) is 15.0 Å². The third kappa shape index (κ3) is 4.92. The van der Waals surface area contributed by atoms with Gasteiger partial charge in [-0.25, -0.2) is 15.0 Å². The Morgan fingerprint density at radius 3 is 2.73 bits per heavy atom. The average molecular weight is 461 g/mol. The molecule has 0 spiro atoms. The molecule has 0 aliphatic carbocycles. The van der Waals surface area contributed by atoms with E-state index in [4.69, 9.17) is 17.3 Å². The Morgan fingerprint density at radius 2 is 2.07 bits per heavy atom. The number of aromatic nitrogens is 3. The van der Waals surface area contributed by atoms with Crippen LogP contribution in [0.15, 0.2) is 52.1 Å². The molecule has 1 aliphatic rings. The van der Waals surface area contributed by atoms with Gasteiger partial charge < -0.3 is 16.0 Å². The SMILES string of the molecule is CC1(N)CCN(c2cnc(Sc3cccc(NC(=O)c4nccs4)c3Cl)cn2)CC1. The van der Waals surface area contributed by atoms with Crippen LogP contribution in [0.25, 0.3) is 0 Å². The number of hydrogen-bond acceptors (Lipinski definition) is 8. The van der Waals surface area contributed by atoms with E-state index in [1.54, 1.807) is 30.0 Å². The molecule has 2 aromatic heterocycles. The first-order chi connectivity index (χ1) is 14.4. The Bertz CT molecular complexity index is 1020. The molecule has 0 saturated carbocycles. The van der Waals surface area contributed by atoms with Gasteiger partial charge >= 0.3 is 0 Å². The summed E-state index contributed by atoms with van der Waals surface area (Å²) in [6.07, 6.45) is 6.98. The zero-order valence-electron chi connectivity index (χ0n) is 16.3. The lowest BCUT2D eigenvalue weighted by Crippen LogP contribution is -2.48. The second kappa shape index (κ2) is 8.89. The van der Waals surface area contributed by atoms with Crippen LogP contribution >= 0.6 is 34.7 Å². The van der Waals surface area contributed by atoms with Crippen molar-refractivity contribution in [1.29, 1.82) is 0 Å². The quantitative estimate of drug-likeness (QED) is 0.585. The molecule has 1 fully saturated rings. The number of benzene rings is 1. The first kappa shape index (κ1) is 21.0. The first-order valence-corrected chi connectivity index (χ1v) is 11.5. The lowest BCUT2D eigenvalue weighted by molar-refractivity contribution is 0.102. The van der Waals surface area contributed by atoms with Crippen molar-refractivity contribution >= 4 is 52.1 Å². The second-order valence-electron chi connectivity index (χ2n) is 7.37. The van der Waals surface area contributed by atoms with Gasteiger partial charge in [0.1, 0.15) is 10.8 Å². The van der Waals surface area contributed by atoms with Gasteiger partial charge in [0.2, 0.25) is 0 Å². The molecule has 4 rings (SSSR count). The highest BCUT2D eigenvalue weighted by Crippen LogP contribution is 2.37. The fourth-order valence-corrected chi connectivity index (χ4v) is 4.68. The summed E-state index contributed by atoms with van der Waals surface area (Å²) in [6, 6.07) is 5.48. The monoisotopic (exact) mass is 460 g/mol. The van der Waals surface area contributed by atoms with E-state index in [-0.39, 0.29) is 11.4 Å². The first-order valence-electron chi connectivity index (χ1n) is 9.44. The molecule has 3 N–H and O–H groups in total. The number of nitrogens with two attached hydrogens (primary N) is 1. The average Bonchev–Trinajstić information content (AvgIpc) is 3.27. The Labute approximate surface area is 188 Å². The number of thiazole rings is 1. The zero-order chi connectivity index (χ0) is 21.1. The van der Waals surface area contributed by atoms with Gasteiger partial charge in [0.25, 0.3) is 5.91 Å². The number of nitrogens with zero attached hydrogens (tertiary/aromatic N) is 4. The number of hydrogen-bond donors (Lipinski definition) is 2. The summed E-state index contributed by atoms with van der Waals surface area (Å²) >= 11 is 9.20. The van der Waals surface area contributed by atoms with Crippen LogP contribution in [0.5, 0.6) is 0 Å². The summed E-state index contributed by atoms with van der Waals surface area (Å²) in [5.41, 5.74) is 6.64. The normalized spacial score (nSPS) is 15.8. The predicted molar refractivity (Wildman–Crippen MR) is 122 cm³/mol. The number of nitrogens with one attached hydrogen (secondary N) is 1. The fourth-order valence-electron chi connectivity index (χ4n) is 3.08. The lowest BCUT2D eigenvalue weighted by atomic mass is 9.91. The van der Waals surface area contributed by atoms with Crippen molar-refractivity contribution in [2.75, 3.05) is 23.3 Å². The second-order valence-corrected chi connectivity index (χ2v) is 9.70. The number of carbonyl (C=O) groups excluding carboxylic acids is 1. The minimum atomic E-state index is -0.284. The van der Waals surface area contributed by atoms with Crippen molar-refractivity contribution in [3.8, 4) is 0 Å². The van der Waals surface area contributed by atoms with E-state index in [9.17, 15) is 4.79 Å². The third-order valence-electron chi connectivity index (χ3n) is 4.90. The highest BCUT2D eigenvalue weighted by molar-refractivity contribution is 7.99. The molecule has 0 radical (unpaired) electrons. The van der Waals surface area contributed by atoms with Crippen molar-refractivity contribution in [2.24, 2.45) is 5.73 Å². The summed E-state index contributed by atoms with van der Waals surface area (Å²) in [5, 5.41) is 6.13. The van der Waals surface area contributed by atoms with Crippen molar-refractivity contribution in [3.05, 3.63) is 52.2 Å². The Kier molecular flexibility index (Phi) is 6.24. The predicted octanol–water partition coefficient (Wildman–Crippen LogP) is 4.31. The molecule has 1 amide bonds. The topological polar surface area (TPSA) is 97.0 Å². The third-order valence-corrected chi connectivity index (χ3v) is 7.17. The Morgan fingerprint density at radius 1 is 1.27 bits per heavy atom. The molecule has 1 aromatic carbocycles. The van der Waals surface area contributed by atoms with Gasteiger partial charge in [-0.2, -0.15) is 0 Å². The van der Waals surface area contributed by atoms with Crippen molar-refractivity contribution in [2.45, 2.75) is 35.2 Å². The van der Waals surface area contributed by atoms with E-state index in [0.717, 1.165) is 41.7 Å². The maximum absolute atomic E-state index is 12.3. The molecule has 0 atom stereocenters. The molecule has 1 saturated heterocycles. The van der Waals surface area contributed by atoms with Crippen LogP contribution in [0, 0.1) is 0 Å². The molecule has 3 aromatic rings. The number of halogens is 1. The van der Waals surface area contributed by atoms with E-state index >= 15 is 0 Å². The molecule has 10 heteroatoms. The highest BCUT2D eigenvalue weighted by atomic mass is 35.5. The van der Waals surface area contributed by atoms with Crippen molar-refractivity contribution in [3.63, 3.8) is 0 Å². The summed E-state index contributed by atoms with van der Waals surface area (Å²) in [4.78, 5) is 28.4. The Balaban J connectivity index is 1.43. The molecular formula is C20H21ClN6OS2. The van der Waals surface area contributed by atoms with Crippen LogP contribution in [0.3, 0.4) is 0 Å². The smallest absolute Gasteiger partial charge is 0.284 e. The van der Waals surface area contributed by atoms with E-state index in [1.165, 1.54) is 23.1 Å². The van der Waals surface area contributed by atoms with Gasteiger partial charge in [-0.1, -0.05) is 29.4 Å². The lowest BCUT2D eigenvalue weighted by Gasteiger charge is -2.37. The molecule has 30 heavy (non-hydrogen) atoms. The van der Waals surface area contributed by atoms with Gasteiger partial charge in [0.15, 0.2) is 5.01 Å². The Hall–Kier alpha value is -2.20. The molecule has 0 unspecified atom stereocenters. The minimum absolute atomic E-state index is 0.101. The van der Waals surface area contributed by atoms with E-state index in [1.807, 2.05) is 12.1 Å². The number of rotatable bonds is 5. The van der Waals surface area contributed by atoms with Crippen LogP contribution in [-0.2, 0) is 0 Å². The van der Waals surface area contributed by atoms with Gasteiger partial charge in [-0.3, -0.25) is 4.79 Å². The molecule has 7 nitrogen and oxygen atoms in total. The van der Waals surface area contributed by atoms with Gasteiger partial charge in [0.05, 0.1) is 23.1 Å². The van der Waals surface area contributed by atoms with Crippen LogP contribution in [0.1, 0.15) is 29.6 Å². The maximum atomic E-state index is 12.3. The van der Waals surface area contributed by atoms with Gasteiger partial charge in [-0.05, 0) is 31.9 Å². The highest BCUT2D eigenvalue weighted by Gasteiger charge is 2.26. The van der Waals surface area contributed by atoms with E-state index in [0.29, 0.717) is 15.7 Å². The largest absolute Gasteiger partial charge is 0.355 e. The molecule has 0 bridgehead atoms. The fraction of sp³-hybridized carbons (Fsp3) is 0.300. The van der Waals surface area contributed by atoms with Crippen LogP contribution in [-0.4, -0.2) is 39.5 Å². The summed E-state index contributed by atoms with van der Waals surface area (Å²) in [7, 11) is 0. The van der Waals surface area contributed by atoms with Gasteiger partial charge in [0, 0.05) is 35.1 Å². The van der Waals surface area contributed by atoms with Crippen LogP contribution in [0.2, 0.25) is 5.02 Å². The zero-order valence-corrected chi connectivity index (χ0v) is 18.7. The van der Waals surface area contributed by atoms with Crippen LogP contribution < -0.4 is 16.0 Å². The van der Waals surface area contributed by atoms with Crippen molar-refractivity contribution < 1.29 is 4.79 Å². The number of anilines is 2. The van der Waals surface area contributed by atoms with Crippen LogP contribution in [0.4, 0.5) is 11.5 Å². The van der Waals surface area contributed by atoms with Gasteiger partial charge in [-0.15, -0.1) is 11.3 Å². The maximum Gasteiger partial charge on any atom is 0.284 e. The summed E-state index contributed by atoms with van der Waals surface area (Å²) in [6.45, 7) is 3.84. The summed E-state index contributed by atoms with van der Waals surface area (Å²) < 4.78 is 0. The van der Waals surface area contributed by atoms with E-state index in [2.05, 4.69) is 32.1 Å². The molecule has 1 aliphatic heterocycles. The number of amides is 1.